The lowest BCUT2D eigenvalue weighted by Crippen LogP contribution is -2.18. The minimum atomic E-state index is -0.263. The largest absolute Gasteiger partial charge is 0.395 e. The highest BCUT2D eigenvalue weighted by molar-refractivity contribution is 7.15. The summed E-state index contributed by atoms with van der Waals surface area (Å²) in [5.41, 5.74) is 8.44. The number of aromatic nitrogens is 3. The number of anilines is 2. The van der Waals surface area contributed by atoms with Crippen LogP contribution in [0.25, 0.3) is 0 Å². The van der Waals surface area contributed by atoms with Crippen LogP contribution in [0, 0.1) is 13.8 Å². The molecule has 0 fully saturated rings. The number of nitrogens with zero attached hydrogens (tertiary/aromatic N) is 3. The lowest BCUT2D eigenvalue weighted by Gasteiger charge is -2.05. The SMILES string of the molecule is CCc1nc(NC(=O)c2c(N)c(C)nn2CC)sc1C. The molecule has 0 spiro atoms. The molecule has 108 valence electrons. The summed E-state index contributed by atoms with van der Waals surface area (Å²) in [6.07, 6.45) is 0.854. The second kappa shape index (κ2) is 5.62. The van der Waals surface area contributed by atoms with Crippen LogP contribution in [0.5, 0.6) is 0 Å². The number of carbonyl (C=O) groups excluding carboxylic acids is 1. The number of nitrogens with one attached hydrogen (secondary N) is 1. The van der Waals surface area contributed by atoms with Gasteiger partial charge in [-0.15, -0.1) is 11.3 Å². The number of nitrogens with two attached hydrogens (primary N) is 1. The van der Waals surface area contributed by atoms with E-state index in [0.29, 0.717) is 28.8 Å². The molecule has 0 unspecified atom stereocenters. The Kier molecular flexibility index (Phi) is 4.08. The monoisotopic (exact) mass is 293 g/mol. The number of amides is 1. The molecule has 2 rings (SSSR count). The molecule has 2 heterocycles. The summed E-state index contributed by atoms with van der Waals surface area (Å²) in [5.74, 6) is -0.263. The highest BCUT2D eigenvalue weighted by Crippen LogP contribution is 2.24. The van der Waals surface area contributed by atoms with Crippen LogP contribution in [-0.4, -0.2) is 20.7 Å². The van der Waals surface area contributed by atoms with E-state index >= 15 is 0 Å². The summed E-state index contributed by atoms with van der Waals surface area (Å²) in [4.78, 5) is 17.9. The molecule has 0 bridgehead atoms. The third-order valence-electron chi connectivity index (χ3n) is 3.14. The first-order valence-electron chi connectivity index (χ1n) is 6.58. The second-order valence-electron chi connectivity index (χ2n) is 4.49. The molecule has 6 nitrogen and oxygen atoms in total. The van der Waals surface area contributed by atoms with Gasteiger partial charge in [-0.05, 0) is 27.2 Å². The van der Waals surface area contributed by atoms with E-state index in [2.05, 4.69) is 15.4 Å². The van der Waals surface area contributed by atoms with E-state index in [0.717, 1.165) is 17.0 Å². The lowest BCUT2D eigenvalue weighted by atomic mass is 10.3. The first-order valence-corrected chi connectivity index (χ1v) is 7.40. The standard InChI is InChI=1S/C13H19N5OS/c1-5-9-8(4)20-13(15-9)16-12(19)11-10(14)7(3)17-18(11)6-2/h5-6,14H2,1-4H3,(H,15,16,19). The Morgan fingerprint density at radius 3 is 2.65 bits per heavy atom. The van der Waals surface area contributed by atoms with E-state index in [1.165, 1.54) is 11.3 Å². The molecular weight excluding hydrogens is 274 g/mol. The molecule has 2 aromatic heterocycles. The Morgan fingerprint density at radius 1 is 1.40 bits per heavy atom. The molecule has 0 aliphatic carbocycles. The van der Waals surface area contributed by atoms with Gasteiger partial charge in [-0.25, -0.2) is 4.98 Å². The minimum Gasteiger partial charge on any atom is -0.395 e. The molecular formula is C13H19N5OS. The van der Waals surface area contributed by atoms with Crippen LogP contribution in [0.3, 0.4) is 0 Å². The number of thiazole rings is 1. The van der Waals surface area contributed by atoms with E-state index in [9.17, 15) is 4.79 Å². The van der Waals surface area contributed by atoms with Gasteiger partial charge in [0.1, 0.15) is 5.69 Å². The smallest absolute Gasteiger partial charge is 0.277 e. The molecule has 20 heavy (non-hydrogen) atoms. The second-order valence-corrected chi connectivity index (χ2v) is 5.70. The predicted molar refractivity (Wildman–Crippen MR) is 81.2 cm³/mol. The fraction of sp³-hybridized carbons (Fsp3) is 0.462. The summed E-state index contributed by atoms with van der Waals surface area (Å²) >= 11 is 1.47. The topological polar surface area (TPSA) is 85.8 Å². The van der Waals surface area contributed by atoms with Crippen molar-refractivity contribution in [2.24, 2.45) is 0 Å². The zero-order valence-electron chi connectivity index (χ0n) is 12.1. The molecule has 0 saturated heterocycles. The van der Waals surface area contributed by atoms with Gasteiger partial charge in [0.2, 0.25) is 0 Å². The van der Waals surface area contributed by atoms with Crippen LogP contribution in [0.2, 0.25) is 0 Å². The molecule has 1 amide bonds. The van der Waals surface area contributed by atoms with Crippen molar-refractivity contribution >= 4 is 28.1 Å². The third-order valence-corrected chi connectivity index (χ3v) is 4.06. The number of rotatable bonds is 4. The molecule has 0 aliphatic heterocycles. The van der Waals surface area contributed by atoms with Gasteiger partial charge in [-0.2, -0.15) is 5.10 Å². The first kappa shape index (κ1) is 14.5. The maximum absolute atomic E-state index is 12.4. The maximum Gasteiger partial charge on any atom is 0.277 e. The molecule has 0 atom stereocenters. The number of hydrogen-bond donors (Lipinski definition) is 2. The van der Waals surface area contributed by atoms with Crippen molar-refractivity contribution in [2.75, 3.05) is 11.1 Å². The van der Waals surface area contributed by atoms with Crippen LogP contribution < -0.4 is 11.1 Å². The van der Waals surface area contributed by atoms with E-state index in [1.807, 2.05) is 20.8 Å². The van der Waals surface area contributed by atoms with Gasteiger partial charge >= 0.3 is 0 Å². The highest BCUT2D eigenvalue weighted by Gasteiger charge is 2.20. The summed E-state index contributed by atoms with van der Waals surface area (Å²) < 4.78 is 1.61. The van der Waals surface area contributed by atoms with Crippen LogP contribution in [-0.2, 0) is 13.0 Å². The van der Waals surface area contributed by atoms with E-state index in [-0.39, 0.29) is 5.91 Å². The van der Waals surface area contributed by atoms with Crippen LogP contribution >= 0.6 is 11.3 Å². The fourth-order valence-corrected chi connectivity index (χ4v) is 2.93. The van der Waals surface area contributed by atoms with Crippen LogP contribution in [0.1, 0.15) is 40.6 Å². The van der Waals surface area contributed by atoms with Gasteiger partial charge in [0.25, 0.3) is 5.91 Å². The molecule has 7 heteroatoms. The Hall–Kier alpha value is -1.89. The van der Waals surface area contributed by atoms with Crippen LogP contribution in [0.4, 0.5) is 10.8 Å². The number of aryl methyl sites for hydroxylation is 4. The Morgan fingerprint density at radius 2 is 2.10 bits per heavy atom. The number of nitrogen functional groups attached to an aromatic ring is 1. The molecule has 2 aromatic rings. The molecule has 3 N–H and O–H groups in total. The Balaban J connectivity index is 2.28. The van der Waals surface area contributed by atoms with Gasteiger partial charge in [0.15, 0.2) is 5.13 Å². The van der Waals surface area contributed by atoms with E-state index < -0.39 is 0 Å². The van der Waals surface area contributed by atoms with Gasteiger partial charge in [0.05, 0.1) is 17.1 Å². The Labute approximate surface area is 122 Å². The summed E-state index contributed by atoms with van der Waals surface area (Å²) in [7, 11) is 0. The average molecular weight is 293 g/mol. The van der Waals surface area contributed by atoms with Crippen molar-refractivity contribution in [3.63, 3.8) is 0 Å². The van der Waals surface area contributed by atoms with Crippen molar-refractivity contribution < 1.29 is 4.79 Å². The average Bonchev–Trinajstić information content (AvgIpc) is 2.90. The maximum atomic E-state index is 12.4. The first-order chi connectivity index (χ1) is 9.47. The van der Waals surface area contributed by atoms with Crippen molar-refractivity contribution in [3.05, 3.63) is 22.0 Å². The Bertz CT molecular complexity index is 643. The lowest BCUT2D eigenvalue weighted by molar-refractivity contribution is 0.101. The van der Waals surface area contributed by atoms with Gasteiger partial charge in [-0.1, -0.05) is 6.92 Å². The zero-order chi connectivity index (χ0) is 14.9. The van der Waals surface area contributed by atoms with E-state index in [4.69, 9.17) is 5.73 Å². The van der Waals surface area contributed by atoms with Gasteiger partial charge in [0, 0.05) is 11.4 Å². The van der Waals surface area contributed by atoms with Crippen molar-refractivity contribution in [2.45, 2.75) is 40.7 Å². The number of hydrogen-bond acceptors (Lipinski definition) is 5. The minimum absolute atomic E-state index is 0.263. The third kappa shape index (κ3) is 2.53. The van der Waals surface area contributed by atoms with Crippen molar-refractivity contribution in [1.29, 1.82) is 0 Å². The fourth-order valence-electron chi connectivity index (χ4n) is 2.03. The highest BCUT2D eigenvalue weighted by atomic mass is 32.1. The zero-order valence-corrected chi connectivity index (χ0v) is 13.0. The summed E-state index contributed by atoms with van der Waals surface area (Å²) in [6.45, 7) is 8.35. The van der Waals surface area contributed by atoms with Crippen molar-refractivity contribution in [1.82, 2.24) is 14.8 Å². The van der Waals surface area contributed by atoms with Crippen molar-refractivity contribution in [3.8, 4) is 0 Å². The van der Waals surface area contributed by atoms with Gasteiger partial charge in [-0.3, -0.25) is 14.8 Å². The quantitative estimate of drug-likeness (QED) is 0.906. The van der Waals surface area contributed by atoms with E-state index in [1.54, 1.807) is 11.6 Å². The molecule has 0 aromatic carbocycles. The van der Waals surface area contributed by atoms with Crippen LogP contribution in [0.15, 0.2) is 0 Å². The molecule has 0 aliphatic rings. The predicted octanol–water partition coefficient (Wildman–Crippen LogP) is 2.37. The normalized spacial score (nSPS) is 10.8. The molecule has 0 radical (unpaired) electrons. The molecule has 0 saturated carbocycles. The summed E-state index contributed by atoms with van der Waals surface area (Å²) in [5, 5.41) is 7.66. The van der Waals surface area contributed by atoms with Gasteiger partial charge < -0.3 is 5.73 Å². The summed E-state index contributed by atoms with van der Waals surface area (Å²) in [6, 6.07) is 0. The number of carbonyl (C=O) groups is 1.